The highest BCUT2D eigenvalue weighted by Crippen LogP contribution is 2.28. The van der Waals surface area contributed by atoms with E-state index in [1.54, 1.807) is 18.2 Å². The molecule has 1 amide bonds. The van der Waals surface area contributed by atoms with Gasteiger partial charge in [0.1, 0.15) is 11.3 Å². The van der Waals surface area contributed by atoms with Crippen molar-refractivity contribution in [2.45, 2.75) is 39.2 Å². The van der Waals surface area contributed by atoms with Gasteiger partial charge in [-0.3, -0.25) is 4.79 Å². The van der Waals surface area contributed by atoms with Gasteiger partial charge >= 0.3 is 5.97 Å². The molecule has 2 atom stereocenters. The van der Waals surface area contributed by atoms with Gasteiger partial charge in [0.05, 0.1) is 7.11 Å². The highest BCUT2D eigenvalue weighted by molar-refractivity contribution is 5.91. The molecule has 0 spiro atoms. The summed E-state index contributed by atoms with van der Waals surface area (Å²) in [4.78, 5) is 23.4. The fourth-order valence-corrected chi connectivity index (χ4v) is 3.04. The van der Waals surface area contributed by atoms with E-state index < -0.39 is 5.97 Å². The molecule has 1 aromatic carbocycles. The second kappa shape index (κ2) is 7.29. The standard InChI is InChI=1S/C17H23NO4/c1-11-4-3-5-13(8-11)16(19)18-10-12-6-7-15(22-2)14(9-12)17(20)21/h6-7,9,11,13H,3-5,8,10H2,1-2H3,(H,18,19)(H,20,21)/t11-,13-/m1/s1. The number of rotatable bonds is 5. The highest BCUT2D eigenvalue weighted by Gasteiger charge is 2.24. The van der Waals surface area contributed by atoms with Crippen molar-refractivity contribution in [3.63, 3.8) is 0 Å². The molecular formula is C17H23NO4. The van der Waals surface area contributed by atoms with Crippen LogP contribution in [0.25, 0.3) is 0 Å². The molecule has 1 saturated carbocycles. The monoisotopic (exact) mass is 305 g/mol. The molecule has 0 heterocycles. The molecule has 0 unspecified atom stereocenters. The van der Waals surface area contributed by atoms with Crippen molar-refractivity contribution in [2.24, 2.45) is 11.8 Å². The number of carboxylic acids is 1. The Morgan fingerprint density at radius 3 is 2.77 bits per heavy atom. The summed E-state index contributed by atoms with van der Waals surface area (Å²) in [5.41, 5.74) is 0.871. The fourth-order valence-electron chi connectivity index (χ4n) is 3.04. The number of ether oxygens (including phenoxy) is 1. The molecule has 0 saturated heterocycles. The lowest BCUT2D eigenvalue weighted by molar-refractivity contribution is -0.126. The van der Waals surface area contributed by atoms with Gasteiger partial charge in [0.2, 0.25) is 5.91 Å². The van der Waals surface area contributed by atoms with Crippen molar-refractivity contribution in [1.29, 1.82) is 0 Å². The molecule has 2 N–H and O–H groups in total. The molecule has 1 fully saturated rings. The number of hydrogen-bond acceptors (Lipinski definition) is 3. The van der Waals surface area contributed by atoms with Gasteiger partial charge in [0.25, 0.3) is 0 Å². The number of benzene rings is 1. The lowest BCUT2D eigenvalue weighted by Crippen LogP contribution is -2.33. The van der Waals surface area contributed by atoms with Crippen LogP contribution in [-0.4, -0.2) is 24.1 Å². The van der Waals surface area contributed by atoms with Gasteiger partial charge in [-0.25, -0.2) is 4.79 Å². The maximum Gasteiger partial charge on any atom is 0.339 e. The van der Waals surface area contributed by atoms with Crippen LogP contribution in [0.3, 0.4) is 0 Å². The molecule has 22 heavy (non-hydrogen) atoms. The minimum atomic E-state index is -1.04. The van der Waals surface area contributed by atoms with E-state index >= 15 is 0 Å². The van der Waals surface area contributed by atoms with Crippen LogP contribution in [0.1, 0.15) is 48.5 Å². The van der Waals surface area contributed by atoms with Crippen molar-refractivity contribution in [3.05, 3.63) is 29.3 Å². The maximum atomic E-state index is 12.2. The quantitative estimate of drug-likeness (QED) is 0.877. The average Bonchev–Trinajstić information content (AvgIpc) is 2.52. The summed E-state index contributed by atoms with van der Waals surface area (Å²) in [5.74, 6) is 0.0408. The van der Waals surface area contributed by atoms with E-state index in [-0.39, 0.29) is 17.4 Å². The van der Waals surface area contributed by atoms with E-state index in [4.69, 9.17) is 9.84 Å². The van der Waals surface area contributed by atoms with Crippen molar-refractivity contribution in [2.75, 3.05) is 7.11 Å². The van der Waals surface area contributed by atoms with Gasteiger partial charge in [-0.1, -0.05) is 25.8 Å². The molecule has 1 aliphatic rings. The Hall–Kier alpha value is -2.04. The third kappa shape index (κ3) is 4.00. The number of methoxy groups -OCH3 is 1. The second-order valence-corrected chi connectivity index (χ2v) is 6.03. The predicted molar refractivity (Wildman–Crippen MR) is 82.9 cm³/mol. The van der Waals surface area contributed by atoms with Crippen molar-refractivity contribution in [3.8, 4) is 5.75 Å². The van der Waals surface area contributed by atoms with Gasteiger partial charge < -0.3 is 15.2 Å². The largest absolute Gasteiger partial charge is 0.496 e. The Bertz CT molecular complexity index is 556. The normalized spacial score (nSPS) is 21.2. The van der Waals surface area contributed by atoms with E-state index in [1.165, 1.54) is 13.5 Å². The number of carbonyl (C=O) groups excluding carboxylic acids is 1. The van der Waals surface area contributed by atoms with E-state index in [1.807, 2.05) is 0 Å². The topological polar surface area (TPSA) is 75.6 Å². The Morgan fingerprint density at radius 1 is 1.36 bits per heavy atom. The zero-order valence-corrected chi connectivity index (χ0v) is 13.1. The first-order chi connectivity index (χ1) is 10.5. The fraction of sp³-hybridized carbons (Fsp3) is 0.529. The first-order valence-corrected chi connectivity index (χ1v) is 7.69. The summed E-state index contributed by atoms with van der Waals surface area (Å²) in [6, 6.07) is 4.94. The maximum absolute atomic E-state index is 12.2. The molecular weight excluding hydrogens is 282 g/mol. The van der Waals surface area contributed by atoms with Crippen LogP contribution < -0.4 is 10.1 Å². The number of carboxylic acid groups (broad SMARTS) is 1. The van der Waals surface area contributed by atoms with Crippen molar-refractivity contribution in [1.82, 2.24) is 5.32 Å². The molecule has 1 aromatic rings. The predicted octanol–water partition coefficient (Wildman–Crippen LogP) is 2.84. The SMILES string of the molecule is COc1ccc(CNC(=O)[C@@H]2CCC[C@@H](C)C2)cc1C(=O)O. The van der Waals surface area contributed by atoms with E-state index in [0.29, 0.717) is 18.2 Å². The Labute approximate surface area is 130 Å². The van der Waals surface area contributed by atoms with Crippen LogP contribution in [0.2, 0.25) is 0 Å². The van der Waals surface area contributed by atoms with Crippen molar-refractivity contribution >= 4 is 11.9 Å². The summed E-state index contributed by atoms with van der Waals surface area (Å²) in [6.45, 7) is 2.52. The van der Waals surface area contributed by atoms with E-state index in [9.17, 15) is 9.59 Å². The molecule has 1 aliphatic carbocycles. The summed E-state index contributed by atoms with van der Waals surface area (Å²) in [5, 5.41) is 12.1. The molecule has 0 aromatic heterocycles. The zero-order valence-electron chi connectivity index (χ0n) is 13.1. The van der Waals surface area contributed by atoms with Crippen LogP contribution in [0.4, 0.5) is 0 Å². The Balaban J connectivity index is 1.97. The van der Waals surface area contributed by atoms with Gasteiger partial charge in [0, 0.05) is 12.5 Å². The third-order valence-electron chi connectivity index (χ3n) is 4.27. The van der Waals surface area contributed by atoms with Crippen molar-refractivity contribution < 1.29 is 19.4 Å². The molecule has 5 nitrogen and oxygen atoms in total. The molecule has 0 bridgehead atoms. The Morgan fingerprint density at radius 2 is 2.14 bits per heavy atom. The van der Waals surface area contributed by atoms with Crippen LogP contribution in [0, 0.1) is 11.8 Å². The van der Waals surface area contributed by atoms with E-state index in [0.717, 1.165) is 24.8 Å². The Kier molecular flexibility index (Phi) is 5.41. The third-order valence-corrected chi connectivity index (χ3v) is 4.27. The molecule has 5 heteroatoms. The van der Waals surface area contributed by atoms with Crippen LogP contribution in [0.15, 0.2) is 18.2 Å². The van der Waals surface area contributed by atoms with Crippen LogP contribution in [0.5, 0.6) is 5.75 Å². The van der Waals surface area contributed by atoms with Crippen LogP contribution in [-0.2, 0) is 11.3 Å². The van der Waals surface area contributed by atoms with Gasteiger partial charge in [-0.2, -0.15) is 0 Å². The first-order valence-electron chi connectivity index (χ1n) is 7.69. The smallest absolute Gasteiger partial charge is 0.339 e. The average molecular weight is 305 g/mol. The first kappa shape index (κ1) is 16.3. The second-order valence-electron chi connectivity index (χ2n) is 6.03. The highest BCUT2D eigenvalue weighted by atomic mass is 16.5. The van der Waals surface area contributed by atoms with E-state index in [2.05, 4.69) is 12.2 Å². The van der Waals surface area contributed by atoms with Gasteiger partial charge in [-0.15, -0.1) is 0 Å². The summed E-state index contributed by atoms with van der Waals surface area (Å²) >= 11 is 0. The summed E-state index contributed by atoms with van der Waals surface area (Å²) in [6.07, 6.45) is 4.18. The number of nitrogens with one attached hydrogen (secondary N) is 1. The number of aromatic carboxylic acids is 1. The minimum absolute atomic E-state index is 0.0687. The molecule has 2 rings (SSSR count). The molecule has 120 valence electrons. The minimum Gasteiger partial charge on any atom is -0.496 e. The number of carbonyl (C=O) groups is 2. The van der Waals surface area contributed by atoms with Crippen LogP contribution >= 0.6 is 0 Å². The lowest BCUT2D eigenvalue weighted by Gasteiger charge is -2.25. The summed E-state index contributed by atoms with van der Waals surface area (Å²) < 4.78 is 5.03. The lowest BCUT2D eigenvalue weighted by atomic mass is 9.82. The molecule has 0 radical (unpaired) electrons. The zero-order chi connectivity index (χ0) is 16.1. The summed E-state index contributed by atoms with van der Waals surface area (Å²) in [7, 11) is 1.44. The number of hydrogen-bond donors (Lipinski definition) is 2. The van der Waals surface area contributed by atoms with Gasteiger partial charge in [-0.05, 0) is 36.5 Å². The molecule has 0 aliphatic heterocycles. The van der Waals surface area contributed by atoms with Gasteiger partial charge in [0.15, 0.2) is 0 Å². The number of amides is 1.